The second kappa shape index (κ2) is 5.66. The molecule has 108 valence electrons. The molecule has 1 N–H and O–H groups in total. The minimum Gasteiger partial charge on any atom is -0.495 e. The molecule has 0 aliphatic heterocycles. The summed E-state index contributed by atoms with van der Waals surface area (Å²) in [7, 11) is -0.962. The van der Waals surface area contributed by atoms with Gasteiger partial charge in [-0.15, -0.1) is 0 Å². The summed E-state index contributed by atoms with van der Waals surface area (Å²) in [4.78, 5) is 0.0196. The number of nitrogens with zero attached hydrogens (tertiary/aromatic N) is 1. The molecule has 0 spiro atoms. The van der Waals surface area contributed by atoms with Crippen LogP contribution in [0.4, 0.5) is 0 Å². The van der Waals surface area contributed by atoms with Gasteiger partial charge in [-0.25, -0.2) is 8.42 Å². The van der Waals surface area contributed by atoms with Crippen molar-refractivity contribution < 1.29 is 18.3 Å². The second-order valence-corrected chi connectivity index (χ2v) is 7.32. The van der Waals surface area contributed by atoms with Crippen molar-refractivity contribution in [3.8, 4) is 5.75 Å². The molecule has 0 heterocycles. The Kier molecular flexibility index (Phi) is 4.84. The lowest BCUT2D eigenvalue weighted by Crippen LogP contribution is -2.39. The SMILES string of the molecule is COc1cc(Cl)ccc1S(=O)(=O)N(C)CC(C)(C)O. The van der Waals surface area contributed by atoms with E-state index in [0.717, 1.165) is 4.31 Å². The lowest BCUT2D eigenvalue weighted by molar-refractivity contribution is 0.0639. The van der Waals surface area contributed by atoms with E-state index in [9.17, 15) is 13.5 Å². The summed E-state index contributed by atoms with van der Waals surface area (Å²) in [5.41, 5.74) is -1.12. The summed E-state index contributed by atoms with van der Waals surface area (Å²) < 4.78 is 30.9. The van der Waals surface area contributed by atoms with Crippen LogP contribution in [-0.2, 0) is 10.0 Å². The zero-order valence-electron chi connectivity index (χ0n) is 11.3. The molecule has 7 heteroatoms. The predicted octanol–water partition coefficient (Wildman–Crippen LogP) is 1.74. The quantitative estimate of drug-likeness (QED) is 0.900. The standard InChI is InChI=1S/C12H18ClNO4S/c1-12(2,15)8-14(3)19(16,17)11-6-5-9(13)7-10(11)18-4/h5-7,15H,8H2,1-4H3. The second-order valence-electron chi connectivity index (χ2n) is 4.87. The molecule has 0 radical (unpaired) electrons. The Hall–Kier alpha value is -0.820. The van der Waals surface area contributed by atoms with Crippen LogP contribution in [0.3, 0.4) is 0 Å². The smallest absolute Gasteiger partial charge is 0.246 e. The fourth-order valence-electron chi connectivity index (χ4n) is 1.65. The van der Waals surface area contributed by atoms with Crippen molar-refractivity contribution in [1.29, 1.82) is 0 Å². The van der Waals surface area contributed by atoms with Crippen LogP contribution < -0.4 is 4.74 Å². The summed E-state index contributed by atoms with van der Waals surface area (Å²) in [5.74, 6) is 0.176. The Morgan fingerprint density at radius 2 is 2.00 bits per heavy atom. The highest BCUT2D eigenvalue weighted by Gasteiger charge is 2.28. The summed E-state index contributed by atoms with van der Waals surface area (Å²) in [5, 5.41) is 10.1. The van der Waals surface area contributed by atoms with Gasteiger partial charge in [0, 0.05) is 24.7 Å². The van der Waals surface area contributed by atoms with E-state index in [-0.39, 0.29) is 17.2 Å². The van der Waals surface area contributed by atoms with Gasteiger partial charge >= 0.3 is 0 Å². The van der Waals surface area contributed by atoms with Gasteiger partial charge in [0.05, 0.1) is 12.7 Å². The average molecular weight is 308 g/mol. The molecule has 0 unspecified atom stereocenters. The van der Waals surface area contributed by atoms with Crippen molar-refractivity contribution in [2.24, 2.45) is 0 Å². The number of ether oxygens (including phenoxy) is 1. The van der Waals surface area contributed by atoms with Crippen LogP contribution in [0.1, 0.15) is 13.8 Å². The monoisotopic (exact) mass is 307 g/mol. The molecule has 0 fully saturated rings. The molecule has 1 aromatic rings. The fraction of sp³-hybridized carbons (Fsp3) is 0.500. The first-order valence-electron chi connectivity index (χ1n) is 5.60. The summed E-state index contributed by atoms with van der Waals surface area (Å²) in [6, 6.07) is 4.30. The number of sulfonamides is 1. The normalized spacial score (nSPS) is 12.8. The maximum absolute atomic E-state index is 12.4. The molecule has 0 aliphatic rings. The molecule has 1 rings (SSSR count). The molecule has 0 amide bonds. The van der Waals surface area contributed by atoms with Gasteiger partial charge in [0.1, 0.15) is 10.6 Å². The zero-order chi connectivity index (χ0) is 14.8. The van der Waals surface area contributed by atoms with Crippen LogP contribution in [0.25, 0.3) is 0 Å². The Balaban J connectivity index is 3.20. The highest BCUT2D eigenvalue weighted by Crippen LogP contribution is 2.29. The number of rotatable bonds is 5. The van der Waals surface area contributed by atoms with E-state index in [1.165, 1.54) is 46.2 Å². The lowest BCUT2D eigenvalue weighted by Gasteiger charge is -2.25. The van der Waals surface area contributed by atoms with E-state index in [1.54, 1.807) is 0 Å². The Bertz CT molecular complexity index is 551. The maximum Gasteiger partial charge on any atom is 0.246 e. The van der Waals surface area contributed by atoms with Gasteiger partial charge in [0.25, 0.3) is 0 Å². The molecular formula is C12H18ClNO4S. The number of likely N-dealkylation sites (N-methyl/N-ethyl adjacent to an activating group) is 1. The van der Waals surface area contributed by atoms with E-state index in [2.05, 4.69) is 0 Å². The van der Waals surface area contributed by atoms with Crippen molar-refractivity contribution in [3.63, 3.8) is 0 Å². The van der Waals surface area contributed by atoms with E-state index < -0.39 is 15.6 Å². The van der Waals surface area contributed by atoms with Crippen LogP contribution in [0, 0.1) is 0 Å². The van der Waals surface area contributed by atoms with Crippen LogP contribution in [0.15, 0.2) is 23.1 Å². The van der Waals surface area contributed by atoms with Crippen LogP contribution in [-0.4, -0.2) is 44.1 Å². The number of aliphatic hydroxyl groups is 1. The van der Waals surface area contributed by atoms with Crippen LogP contribution in [0.5, 0.6) is 5.75 Å². The molecule has 0 bridgehead atoms. The summed E-state index contributed by atoms with van der Waals surface area (Å²) in [6.07, 6.45) is 0. The van der Waals surface area contributed by atoms with Gasteiger partial charge in [0.2, 0.25) is 10.0 Å². The van der Waals surface area contributed by atoms with Crippen molar-refractivity contribution in [2.75, 3.05) is 20.7 Å². The number of benzene rings is 1. The average Bonchev–Trinajstić information content (AvgIpc) is 2.26. The number of methoxy groups -OCH3 is 1. The summed E-state index contributed by atoms with van der Waals surface area (Å²) >= 11 is 5.80. The third kappa shape index (κ3) is 4.07. The van der Waals surface area contributed by atoms with Gasteiger partial charge in [-0.05, 0) is 26.0 Å². The predicted molar refractivity (Wildman–Crippen MR) is 74.1 cm³/mol. The maximum atomic E-state index is 12.4. The molecule has 19 heavy (non-hydrogen) atoms. The summed E-state index contributed by atoms with van der Waals surface area (Å²) in [6.45, 7) is 3.05. The molecule has 1 aromatic carbocycles. The molecule has 0 aromatic heterocycles. The minimum absolute atomic E-state index is 0.0196. The first-order chi connectivity index (χ1) is 8.58. The molecule has 0 saturated heterocycles. The third-order valence-electron chi connectivity index (χ3n) is 2.42. The molecule has 0 atom stereocenters. The lowest BCUT2D eigenvalue weighted by atomic mass is 10.1. The van der Waals surface area contributed by atoms with Crippen LogP contribution >= 0.6 is 11.6 Å². The highest BCUT2D eigenvalue weighted by molar-refractivity contribution is 7.89. The van der Waals surface area contributed by atoms with Crippen LogP contribution in [0.2, 0.25) is 5.02 Å². The van der Waals surface area contributed by atoms with E-state index in [4.69, 9.17) is 16.3 Å². The molecule has 5 nitrogen and oxygen atoms in total. The zero-order valence-corrected chi connectivity index (χ0v) is 12.9. The Morgan fingerprint density at radius 1 is 1.42 bits per heavy atom. The number of halogens is 1. The Labute approximate surface area is 118 Å². The van der Waals surface area contributed by atoms with E-state index in [0.29, 0.717) is 5.02 Å². The van der Waals surface area contributed by atoms with Crippen molar-refractivity contribution in [3.05, 3.63) is 23.2 Å². The van der Waals surface area contributed by atoms with Gasteiger partial charge in [-0.2, -0.15) is 4.31 Å². The Morgan fingerprint density at radius 3 is 2.47 bits per heavy atom. The molecular weight excluding hydrogens is 290 g/mol. The van der Waals surface area contributed by atoms with Gasteiger partial charge in [0.15, 0.2) is 0 Å². The largest absolute Gasteiger partial charge is 0.495 e. The molecule has 0 saturated carbocycles. The molecule has 0 aliphatic carbocycles. The van der Waals surface area contributed by atoms with Crippen molar-refractivity contribution in [2.45, 2.75) is 24.3 Å². The third-order valence-corrected chi connectivity index (χ3v) is 4.50. The van der Waals surface area contributed by atoms with E-state index >= 15 is 0 Å². The minimum atomic E-state index is -3.74. The highest BCUT2D eigenvalue weighted by atomic mass is 35.5. The van der Waals surface area contributed by atoms with Gasteiger partial charge < -0.3 is 9.84 Å². The van der Waals surface area contributed by atoms with E-state index in [1.807, 2.05) is 0 Å². The first kappa shape index (κ1) is 16.2. The number of hydrogen-bond donors (Lipinski definition) is 1. The van der Waals surface area contributed by atoms with Crippen molar-refractivity contribution in [1.82, 2.24) is 4.31 Å². The van der Waals surface area contributed by atoms with Gasteiger partial charge in [-0.1, -0.05) is 11.6 Å². The van der Waals surface area contributed by atoms with Crippen molar-refractivity contribution >= 4 is 21.6 Å². The fourth-order valence-corrected chi connectivity index (χ4v) is 3.27. The topological polar surface area (TPSA) is 66.8 Å². The van der Waals surface area contributed by atoms with Gasteiger partial charge in [-0.3, -0.25) is 0 Å². The first-order valence-corrected chi connectivity index (χ1v) is 7.42. The number of hydrogen-bond acceptors (Lipinski definition) is 4.